The Balaban J connectivity index is 1.38. The first-order valence-electron chi connectivity index (χ1n) is 13.5. The lowest BCUT2D eigenvalue weighted by molar-refractivity contribution is -0.889. The number of carboxylic acid groups (broad SMARTS) is 1. The number of carboxylic acids is 1. The summed E-state index contributed by atoms with van der Waals surface area (Å²) >= 11 is 6.43. The number of alkyl halides is 2. The summed E-state index contributed by atoms with van der Waals surface area (Å²) in [5.41, 5.74) is 3.22. The summed E-state index contributed by atoms with van der Waals surface area (Å²) in [5.74, 6) is -0.720. The number of hydrogen-bond donors (Lipinski definition) is 2. The highest BCUT2D eigenvalue weighted by molar-refractivity contribution is 6.31. The minimum atomic E-state index is -2.93. The van der Waals surface area contributed by atoms with Crippen molar-refractivity contribution in [2.45, 2.75) is 39.2 Å². The van der Waals surface area contributed by atoms with Gasteiger partial charge in [-0.05, 0) is 42.7 Å². The first-order valence-corrected chi connectivity index (χ1v) is 13.9. The molecule has 0 radical (unpaired) electrons. The van der Waals surface area contributed by atoms with Crippen LogP contribution < -0.4 is 14.7 Å². The molecule has 2 saturated heterocycles. The fourth-order valence-corrected chi connectivity index (χ4v) is 6.13. The number of benzene rings is 2. The van der Waals surface area contributed by atoms with E-state index in [1.807, 2.05) is 18.2 Å². The predicted octanol–water partition coefficient (Wildman–Crippen LogP) is 5.00. The second kappa shape index (κ2) is 11.5. The summed E-state index contributed by atoms with van der Waals surface area (Å²) in [6.07, 6.45) is -0.513. The molecule has 2 atom stereocenters. The van der Waals surface area contributed by atoms with Crippen molar-refractivity contribution in [3.63, 3.8) is 0 Å². The van der Waals surface area contributed by atoms with E-state index in [1.54, 1.807) is 4.90 Å². The average Bonchev–Trinajstić information content (AvgIpc) is 3.56. The number of piperidine rings is 1. The van der Waals surface area contributed by atoms with E-state index >= 15 is 0 Å². The molecule has 2 aliphatic heterocycles. The van der Waals surface area contributed by atoms with E-state index in [4.69, 9.17) is 11.6 Å². The molecule has 2 N–H and O–H groups in total. The SMILES string of the molecule is CC(C)C[NH+]1CCN(c2ccc(-c3ccc(Cl)cc3N3CCCC(n4ncc(C(=O)O)c4C(F)F)C3)cc2)C1. The van der Waals surface area contributed by atoms with Gasteiger partial charge in [0.25, 0.3) is 6.43 Å². The normalized spacial score (nSPS) is 19.9. The molecular formula is C29H35ClF2N5O2+. The van der Waals surface area contributed by atoms with Crippen LogP contribution in [0.2, 0.25) is 5.02 Å². The van der Waals surface area contributed by atoms with Crippen molar-refractivity contribution in [3.8, 4) is 11.1 Å². The quantitative estimate of drug-likeness (QED) is 0.407. The number of anilines is 2. The van der Waals surface area contributed by atoms with Crippen molar-refractivity contribution in [1.82, 2.24) is 9.78 Å². The molecule has 1 aromatic heterocycles. The molecule has 0 amide bonds. The molecule has 2 fully saturated rings. The number of rotatable bonds is 8. The molecule has 5 rings (SSSR count). The van der Waals surface area contributed by atoms with Gasteiger partial charge in [-0.3, -0.25) is 4.68 Å². The first kappa shape index (κ1) is 27.4. The van der Waals surface area contributed by atoms with E-state index in [2.05, 4.69) is 53.0 Å². The van der Waals surface area contributed by atoms with Crippen LogP contribution in [0.3, 0.4) is 0 Å². The molecule has 0 saturated carbocycles. The number of hydrogen-bond acceptors (Lipinski definition) is 4. The molecular weight excluding hydrogens is 524 g/mol. The number of aromatic carboxylic acids is 1. The molecule has 3 aromatic rings. The maximum Gasteiger partial charge on any atom is 0.339 e. The van der Waals surface area contributed by atoms with Crippen LogP contribution in [0.5, 0.6) is 0 Å². The van der Waals surface area contributed by atoms with Gasteiger partial charge in [-0.25, -0.2) is 13.6 Å². The van der Waals surface area contributed by atoms with E-state index in [1.165, 1.54) is 16.9 Å². The maximum absolute atomic E-state index is 13.9. The fraction of sp³-hybridized carbons (Fsp3) is 0.448. The zero-order valence-corrected chi connectivity index (χ0v) is 23.0. The van der Waals surface area contributed by atoms with Crippen LogP contribution in [0.1, 0.15) is 55.2 Å². The summed E-state index contributed by atoms with van der Waals surface area (Å²) in [6.45, 7) is 10.1. The molecule has 0 spiro atoms. The van der Waals surface area contributed by atoms with Gasteiger partial charge in [-0.15, -0.1) is 0 Å². The Kier molecular flexibility index (Phi) is 8.09. The second-order valence-corrected chi connectivity index (χ2v) is 11.4. The van der Waals surface area contributed by atoms with Crippen molar-refractivity contribution in [2.75, 3.05) is 49.2 Å². The summed E-state index contributed by atoms with van der Waals surface area (Å²) in [5, 5.41) is 14.0. The fourth-order valence-electron chi connectivity index (χ4n) is 5.97. The third-order valence-electron chi connectivity index (χ3n) is 7.70. The third-order valence-corrected chi connectivity index (χ3v) is 7.94. The Bertz CT molecular complexity index is 1310. The highest BCUT2D eigenvalue weighted by Crippen LogP contribution is 2.38. The lowest BCUT2D eigenvalue weighted by Gasteiger charge is -2.36. The number of halogens is 3. The molecule has 2 aliphatic rings. The Morgan fingerprint density at radius 3 is 2.62 bits per heavy atom. The van der Waals surface area contributed by atoms with E-state index in [9.17, 15) is 18.7 Å². The zero-order chi connectivity index (χ0) is 27.7. The Labute approximate surface area is 232 Å². The average molecular weight is 559 g/mol. The van der Waals surface area contributed by atoms with Crippen LogP contribution in [0, 0.1) is 5.92 Å². The molecule has 3 heterocycles. The van der Waals surface area contributed by atoms with Gasteiger partial charge in [0.1, 0.15) is 11.3 Å². The highest BCUT2D eigenvalue weighted by Gasteiger charge is 2.31. The molecule has 10 heteroatoms. The van der Waals surface area contributed by atoms with Crippen LogP contribution >= 0.6 is 11.6 Å². The number of nitrogens with zero attached hydrogens (tertiary/aromatic N) is 4. The third kappa shape index (κ3) is 5.89. The van der Waals surface area contributed by atoms with Gasteiger partial charge in [0.2, 0.25) is 0 Å². The van der Waals surface area contributed by atoms with Crippen LogP contribution in [-0.4, -0.2) is 60.2 Å². The first-order chi connectivity index (χ1) is 18.7. The molecule has 2 unspecified atom stereocenters. The monoisotopic (exact) mass is 558 g/mol. The smallest absolute Gasteiger partial charge is 0.339 e. The van der Waals surface area contributed by atoms with Gasteiger partial charge in [0.15, 0.2) is 6.67 Å². The molecule has 0 bridgehead atoms. The van der Waals surface area contributed by atoms with Gasteiger partial charge in [0.05, 0.1) is 31.9 Å². The van der Waals surface area contributed by atoms with Gasteiger partial charge in [-0.1, -0.05) is 43.6 Å². The zero-order valence-electron chi connectivity index (χ0n) is 22.3. The Morgan fingerprint density at radius 2 is 1.92 bits per heavy atom. The standard InChI is InChI=1S/C29H34ClF2N5O2/c1-19(2)16-34-12-13-36(18-34)22-8-5-20(6-9-22)24-10-7-21(30)14-26(24)35-11-3-4-23(17-35)37-27(28(31)32)25(15-33-37)29(38)39/h5-10,14-15,19,23,28H,3-4,11-13,16-18H2,1-2H3,(H,38,39)/p+1. The number of quaternary nitrogens is 1. The number of nitrogens with one attached hydrogen (secondary N) is 1. The van der Waals surface area contributed by atoms with Crippen molar-refractivity contribution in [3.05, 3.63) is 64.9 Å². The maximum atomic E-state index is 13.9. The van der Waals surface area contributed by atoms with Gasteiger partial charge in [-0.2, -0.15) is 5.10 Å². The molecule has 208 valence electrons. The summed E-state index contributed by atoms with van der Waals surface area (Å²) < 4.78 is 28.9. The summed E-state index contributed by atoms with van der Waals surface area (Å²) in [6, 6.07) is 14.0. The number of aromatic nitrogens is 2. The van der Waals surface area contributed by atoms with Gasteiger partial charge < -0.3 is 19.8 Å². The topological polar surface area (TPSA) is 66.0 Å². The lowest BCUT2D eigenvalue weighted by Crippen LogP contribution is -3.11. The summed E-state index contributed by atoms with van der Waals surface area (Å²) in [7, 11) is 0. The van der Waals surface area contributed by atoms with E-state index in [0.717, 1.165) is 55.7 Å². The largest absolute Gasteiger partial charge is 0.478 e. The molecule has 39 heavy (non-hydrogen) atoms. The van der Waals surface area contributed by atoms with Crippen molar-refractivity contribution in [2.24, 2.45) is 5.92 Å². The van der Waals surface area contributed by atoms with Gasteiger partial charge >= 0.3 is 5.97 Å². The summed E-state index contributed by atoms with van der Waals surface area (Å²) in [4.78, 5) is 17.7. The number of carbonyl (C=O) groups is 1. The molecule has 0 aliphatic carbocycles. The van der Waals surface area contributed by atoms with Gasteiger partial charge in [0, 0.05) is 41.0 Å². The highest BCUT2D eigenvalue weighted by atomic mass is 35.5. The Morgan fingerprint density at radius 1 is 1.15 bits per heavy atom. The van der Waals surface area contributed by atoms with E-state index in [0.29, 0.717) is 23.9 Å². The van der Waals surface area contributed by atoms with E-state index in [-0.39, 0.29) is 6.04 Å². The van der Waals surface area contributed by atoms with Crippen molar-refractivity contribution >= 4 is 28.9 Å². The van der Waals surface area contributed by atoms with Crippen molar-refractivity contribution < 1.29 is 23.6 Å². The minimum Gasteiger partial charge on any atom is -0.478 e. The van der Waals surface area contributed by atoms with Crippen LogP contribution in [0.25, 0.3) is 11.1 Å². The van der Waals surface area contributed by atoms with Crippen molar-refractivity contribution in [1.29, 1.82) is 0 Å². The predicted molar refractivity (Wildman–Crippen MR) is 149 cm³/mol. The van der Waals surface area contributed by atoms with Crippen LogP contribution in [0.15, 0.2) is 48.7 Å². The van der Waals surface area contributed by atoms with E-state index < -0.39 is 23.7 Å². The minimum absolute atomic E-state index is 0.378. The van der Waals surface area contributed by atoms with Crippen LogP contribution in [0.4, 0.5) is 20.2 Å². The Hall–Kier alpha value is -3.17. The lowest BCUT2D eigenvalue weighted by atomic mass is 9.99. The molecule has 2 aromatic carbocycles. The molecule has 7 nitrogen and oxygen atoms in total. The van der Waals surface area contributed by atoms with Crippen LogP contribution in [-0.2, 0) is 0 Å². The second-order valence-electron chi connectivity index (χ2n) is 11.0.